The number of carbonyl (C=O) groups excluding carboxylic acids is 3. The molecule has 1 fully saturated rings. The van der Waals surface area contributed by atoms with Gasteiger partial charge in [-0.1, -0.05) is 48.0 Å². The Morgan fingerprint density at radius 1 is 1.10 bits per heavy atom. The maximum Gasteiger partial charge on any atom is 0.325 e. The molecule has 1 aliphatic heterocycles. The van der Waals surface area contributed by atoms with Crippen molar-refractivity contribution in [1.29, 1.82) is 0 Å². The standard InChI is InChI=1S/C24H30N4O3/c1-4-27(20-9-6-5-7-10-20)16-8-15-25-21(29)17-28-22(30)24(3,26-23(28)31)19-13-11-18(2)12-14-19/h5-7,9-14H,4,8,15-17H2,1-3H3,(H,25,29)(H,26,31). The van der Waals surface area contributed by atoms with Crippen molar-refractivity contribution in [1.82, 2.24) is 15.5 Å². The minimum atomic E-state index is -1.16. The molecule has 0 radical (unpaired) electrons. The van der Waals surface area contributed by atoms with Gasteiger partial charge in [-0.25, -0.2) is 4.79 Å². The Labute approximate surface area is 183 Å². The topological polar surface area (TPSA) is 81.8 Å². The molecule has 4 amide bonds. The first-order valence-electron chi connectivity index (χ1n) is 10.6. The Morgan fingerprint density at radius 2 is 1.77 bits per heavy atom. The zero-order chi connectivity index (χ0) is 22.4. The summed E-state index contributed by atoms with van der Waals surface area (Å²) in [5.74, 6) is -0.767. The molecule has 1 unspecified atom stereocenters. The van der Waals surface area contributed by atoms with E-state index in [9.17, 15) is 14.4 Å². The fraction of sp³-hybridized carbons (Fsp3) is 0.375. The fourth-order valence-corrected chi connectivity index (χ4v) is 3.73. The molecule has 2 aromatic rings. The molecule has 3 rings (SSSR count). The summed E-state index contributed by atoms with van der Waals surface area (Å²) in [6.45, 7) is 7.57. The lowest BCUT2D eigenvalue weighted by Crippen LogP contribution is -2.43. The van der Waals surface area contributed by atoms with Crippen molar-refractivity contribution in [3.63, 3.8) is 0 Å². The Hall–Kier alpha value is -3.35. The van der Waals surface area contributed by atoms with Crippen LogP contribution in [0.4, 0.5) is 10.5 Å². The molecule has 1 aliphatic rings. The highest BCUT2D eigenvalue weighted by atomic mass is 16.2. The number of para-hydroxylation sites is 1. The largest absolute Gasteiger partial charge is 0.372 e. The molecule has 0 aliphatic carbocycles. The van der Waals surface area contributed by atoms with Crippen LogP contribution in [0, 0.1) is 6.92 Å². The second-order valence-corrected chi connectivity index (χ2v) is 7.93. The third-order valence-electron chi connectivity index (χ3n) is 5.64. The Kier molecular flexibility index (Phi) is 6.95. The van der Waals surface area contributed by atoms with E-state index in [4.69, 9.17) is 0 Å². The van der Waals surface area contributed by atoms with Crippen molar-refractivity contribution in [2.45, 2.75) is 32.7 Å². The first-order valence-corrected chi connectivity index (χ1v) is 10.6. The molecular formula is C24H30N4O3. The monoisotopic (exact) mass is 422 g/mol. The normalized spacial score (nSPS) is 18.1. The summed E-state index contributed by atoms with van der Waals surface area (Å²) in [5, 5.41) is 5.55. The molecule has 7 heteroatoms. The SMILES string of the molecule is CCN(CCCNC(=O)CN1C(=O)NC(C)(c2ccc(C)cc2)C1=O)c1ccccc1. The van der Waals surface area contributed by atoms with Gasteiger partial charge in [0.1, 0.15) is 12.1 Å². The second kappa shape index (κ2) is 9.64. The lowest BCUT2D eigenvalue weighted by molar-refractivity contribution is -0.134. The summed E-state index contributed by atoms with van der Waals surface area (Å²) < 4.78 is 0. The van der Waals surface area contributed by atoms with E-state index < -0.39 is 17.5 Å². The minimum absolute atomic E-state index is 0.289. The van der Waals surface area contributed by atoms with Crippen LogP contribution in [0.25, 0.3) is 0 Å². The van der Waals surface area contributed by atoms with Crippen molar-refractivity contribution in [2.24, 2.45) is 0 Å². The van der Waals surface area contributed by atoms with Gasteiger partial charge in [0.25, 0.3) is 5.91 Å². The van der Waals surface area contributed by atoms with Crippen molar-refractivity contribution in [2.75, 3.05) is 31.1 Å². The van der Waals surface area contributed by atoms with Crippen LogP contribution in [0.15, 0.2) is 54.6 Å². The Balaban J connectivity index is 1.50. The maximum absolute atomic E-state index is 12.9. The molecule has 164 valence electrons. The van der Waals surface area contributed by atoms with Gasteiger partial charge in [0, 0.05) is 25.3 Å². The smallest absolute Gasteiger partial charge is 0.325 e. The first-order chi connectivity index (χ1) is 14.8. The summed E-state index contributed by atoms with van der Waals surface area (Å²) in [7, 11) is 0. The molecule has 0 spiro atoms. The maximum atomic E-state index is 12.9. The van der Waals surface area contributed by atoms with Crippen LogP contribution in [0.3, 0.4) is 0 Å². The molecule has 0 bridgehead atoms. The van der Waals surface area contributed by atoms with Crippen molar-refractivity contribution >= 4 is 23.5 Å². The van der Waals surface area contributed by atoms with Crippen LogP contribution in [0.2, 0.25) is 0 Å². The van der Waals surface area contributed by atoms with Gasteiger partial charge in [0.2, 0.25) is 5.91 Å². The van der Waals surface area contributed by atoms with Crippen molar-refractivity contribution in [3.05, 3.63) is 65.7 Å². The predicted octanol–water partition coefficient (Wildman–Crippen LogP) is 2.79. The van der Waals surface area contributed by atoms with E-state index in [-0.39, 0.29) is 12.5 Å². The van der Waals surface area contributed by atoms with E-state index in [1.165, 1.54) is 0 Å². The van der Waals surface area contributed by atoms with Crippen LogP contribution in [-0.2, 0) is 15.1 Å². The number of hydrogen-bond donors (Lipinski definition) is 2. The quantitative estimate of drug-likeness (QED) is 0.481. The first kappa shape index (κ1) is 22.3. The van der Waals surface area contributed by atoms with Gasteiger partial charge in [-0.3, -0.25) is 14.5 Å². The van der Waals surface area contributed by atoms with Gasteiger partial charge < -0.3 is 15.5 Å². The minimum Gasteiger partial charge on any atom is -0.372 e. The number of anilines is 1. The molecule has 7 nitrogen and oxygen atoms in total. The van der Waals surface area contributed by atoms with Gasteiger partial charge in [0.05, 0.1) is 0 Å². The number of hydrogen-bond acceptors (Lipinski definition) is 4. The van der Waals surface area contributed by atoms with Gasteiger partial charge in [0.15, 0.2) is 0 Å². The fourth-order valence-electron chi connectivity index (χ4n) is 3.73. The highest BCUT2D eigenvalue weighted by Crippen LogP contribution is 2.28. The van der Waals surface area contributed by atoms with Crippen LogP contribution < -0.4 is 15.5 Å². The van der Waals surface area contributed by atoms with E-state index in [0.717, 1.165) is 35.7 Å². The number of aryl methyl sites for hydroxylation is 1. The molecule has 0 saturated carbocycles. The molecule has 1 saturated heterocycles. The van der Waals surface area contributed by atoms with E-state index >= 15 is 0 Å². The molecule has 1 atom stereocenters. The number of carbonyl (C=O) groups is 3. The summed E-state index contributed by atoms with van der Waals surface area (Å²) in [6, 6.07) is 17.0. The summed E-state index contributed by atoms with van der Waals surface area (Å²) in [4.78, 5) is 40.9. The van der Waals surface area contributed by atoms with E-state index in [1.54, 1.807) is 6.92 Å². The van der Waals surface area contributed by atoms with Crippen molar-refractivity contribution in [3.8, 4) is 0 Å². The zero-order valence-electron chi connectivity index (χ0n) is 18.4. The van der Waals surface area contributed by atoms with Gasteiger partial charge in [-0.15, -0.1) is 0 Å². The van der Waals surface area contributed by atoms with E-state index in [2.05, 4.69) is 34.6 Å². The lowest BCUT2D eigenvalue weighted by Gasteiger charge is -2.23. The number of imide groups is 1. The molecule has 2 aromatic carbocycles. The Morgan fingerprint density at radius 3 is 2.42 bits per heavy atom. The number of amides is 4. The van der Waals surface area contributed by atoms with E-state index in [0.29, 0.717) is 12.1 Å². The van der Waals surface area contributed by atoms with Crippen LogP contribution in [0.5, 0.6) is 0 Å². The molecule has 1 heterocycles. The summed E-state index contributed by atoms with van der Waals surface area (Å²) >= 11 is 0. The van der Waals surface area contributed by atoms with Crippen LogP contribution in [-0.4, -0.2) is 48.9 Å². The third kappa shape index (κ3) is 5.05. The highest BCUT2D eigenvalue weighted by Gasteiger charge is 2.49. The number of rotatable bonds is 9. The van der Waals surface area contributed by atoms with Gasteiger partial charge in [-0.2, -0.15) is 0 Å². The molecule has 2 N–H and O–H groups in total. The van der Waals surface area contributed by atoms with Crippen molar-refractivity contribution < 1.29 is 14.4 Å². The predicted molar refractivity (Wildman–Crippen MR) is 121 cm³/mol. The van der Waals surface area contributed by atoms with Crippen LogP contribution in [0.1, 0.15) is 31.4 Å². The number of urea groups is 1. The molecule has 31 heavy (non-hydrogen) atoms. The van der Waals surface area contributed by atoms with E-state index in [1.807, 2.05) is 49.4 Å². The number of nitrogens with zero attached hydrogens (tertiary/aromatic N) is 2. The third-order valence-corrected chi connectivity index (χ3v) is 5.64. The number of nitrogens with one attached hydrogen (secondary N) is 2. The summed E-state index contributed by atoms with van der Waals surface area (Å²) in [6.07, 6.45) is 0.760. The van der Waals surface area contributed by atoms with Gasteiger partial charge in [-0.05, 0) is 44.9 Å². The molecule has 0 aromatic heterocycles. The highest BCUT2D eigenvalue weighted by molar-refractivity contribution is 6.09. The lowest BCUT2D eigenvalue weighted by atomic mass is 9.91. The average molecular weight is 423 g/mol. The molecular weight excluding hydrogens is 392 g/mol. The summed E-state index contributed by atoms with van der Waals surface area (Å²) in [5.41, 5.74) is 1.74. The second-order valence-electron chi connectivity index (χ2n) is 7.93. The van der Waals surface area contributed by atoms with Gasteiger partial charge >= 0.3 is 6.03 Å². The average Bonchev–Trinajstić information content (AvgIpc) is 2.98. The number of benzene rings is 2. The zero-order valence-corrected chi connectivity index (χ0v) is 18.4. The van der Waals surface area contributed by atoms with Crippen LogP contribution >= 0.6 is 0 Å². The Bertz CT molecular complexity index is 930.